The van der Waals surface area contributed by atoms with Crippen LogP contribution in [-0.4, -0.2) is 18.0 Å². The summed E-state index contributed by atoms with van der Waals surface area (Å²) in [5, 5.41) is 7.10. The van der Waals surface area contributed by atoms with Gasteiger partial charge in [0.05, 0.1) is 26.5 Å². The van der Waals surface area contributed by atoms with Crippen molar-refractivity contribution in [2.45, 2.75) is 23.1 Å². The molecule has 0 unspecified atom stereocenters. The Morgan fingerprint density at radius 3 is 2.02 bits per heavy atom. The van der Waals surface area contributed by atoms with Gasteiger partial charge in [-0.1, -0.05) is 128 Å². The number of hydrogen-bond donors (Lipinski definition) is 0. The number of benzene rings is 8. The SMILES string of the molecule is CCc1nc2cccc3c2n1-c1cc(-c2ccc4c(-c5ccccc5)c5ccccc5c(-c5cccc6ccccc56)c4c2)ccc1S3(=O)=O. The molecule has 238 valence electrons. The maximum atomic E-state index is 14.0. The van der Waals surface area contributed by atoms with E-state index in [4.69, 9.17) is 4.98 Å². The van der Waals surface area contributed by atoms with Crippen molar-refractivity contribution in [1.29, 1.82) is 0 Å². The average molecular weight is 663 g/mol. The van der Waals surface area contributed by atoms with Crippen molar-refractivity contribution in [2.75, 3.05) is 0 Å². The molecule has 0 saturated carbocycles. The maximum Gasteiger partial charge on any atom is 0.210 e. The Labute approximate surface area is 289 Å². The number of imidazole rings is 1. The topological polar surface area (TPSA) is 52.0 Å². The van der Waals surface area contributed by atoms with E-state index >= 15 is 0 Å². The second-order valence-electron chi connectivity index (χ2n) is 13.0. The third kappa shape index (κ3) is 4.04. The van der Waals surface area contributed by atoms with Crippen molar-refractivity contribution < 1.29 is 8.42 Å². The summed E-state index contributed by atoms with van der Waals surface area (Å²) in [6.45, 7) is 2.06. The van der Waals surface area contributed by atoms with Gasteiger partial charge in [0.2, 0.25) is 9.84 Å². The van der Waals surface area contributed by atoms with Crippen LogP contribution in [0.2, 0.25) is 0 Å². The summed E-state index contributed by atoms with van der Waals surface area (Å²) in [7, 11) is -3.72. The number of sulfone groups is 1. The zero-order valence-corrected chi connectivity index (χ0v) is 28.1. The van der Waals surface area contributed by atoms with Crippen LogP contribution < -0.4 is 0 Å². The normalized spacial score (nSPS) is 13.3. The van der Waals surface area contributed by atoms with Crippen LogP contribution in [0, 0.1) is 0 Å². The first-order valence-corrected chi connectivity index (χ1v) is 18.4. The van der Waals surface area contributed by atoms with Gasteiger partial charge in [0, 0.05) is 6.42 Å². The van der Waals surface area contributed by atoms with E-state index in [1.54, 1.807) is 18.2 Å². The molecule has 5 heteroatoms. The van der Waals surface area contributed by atoms with E-state index in [0.717, 1.165) is 22.3 Å². The van der Waals surface area contributed by atoms with E-state index in [1.807, 2.05) is 22.8 Å². The van der Waals surface area contributed by atoms with Gasteiger partial charge in [-0.05, 0) is 96.0 Å². The molecule has 1 aliphatic heterocycles. The fourth-order valence-electron chi connectivity index (χ4n) is 8.08. The summed E-state index contributed by atoms with van der Waals surface area (Å²) in [6, 6.07) is 52.3. The predicted octanol–water partition coefficient (Wildman–Crippen LogP) is 11.2. The molecule has 8 aromatic carbocycles. The molecule has 2 heterocycles. The lowest BCUT2D eigenvalue weighted by atomic mass is 9.84. The highest BCUT2D eigenvalue weighted by molar-refractivity contribution is 7.92. The number of para-hydroxylation sites is 1. The van der Waals surface area contributed by atoms with Crippen LogP contribution in [0.3, 0.4) is 0 Å². The Balaban J connectivity index is 1.30. The van der Waals surface area contributed by atoms with Crippen molar-refractivity contribution in [3.05, 3.63) is 157 Å². The minimum absolute atomic E-state index is 0.309. The molecule has 4 nitrogen and oxygen atoms in total. The minimum Gasteiger partial charge on any atom is -0.294 e. The molecule has 0 atom stereocenters. The highest BCUT2D eigenvalue weighted by Gasteiger charge is 2.33. The fraction of sp³-hybridized carbons (Fsp3) is 0.0444. The van der Waals surface area contributed by atoms with E-state index in [-0.39, 0.29) is 0 Å². The lowest BCUT2D eigenvalue weighted by Gasteiger charge is -2.22. The molecule has 50 heavy (non-hydrogen) atoms. The Morgan fingerprint density at radius 1 is 0.540 bits per heavy atom. The summed E-state index contributed by atoms with van der Waals surface area (Å²) < 4.78 is 30.0. The van der Waals surface area contributed by atoms with Crippen LogP contribution in [0.15, 0.2) is 161 Å². The number of aromatic nitrogens is 2. The van der Waals surface area contributed by atoms with E-state index in [0.29, 0.717) is 32.9 Å². The molecule has 1 aliphatic rings. The molecule has 0 fully saturated rings. The molecule has 10 rings (SSSR count). The van der Waals surface area contributed by atoms with Gasteiger partial charge < -0.3 is 0 Å². The van der Waals surface area contributed by atoms with E-state index in [9.17, 15) is 8.42 Å². The zero-order valence-electron chi connectivity index (χ0n) is 27.3. The van der Waals surface area contributed by atoms with Crippen molar-refractivity contribution in [3.8, 4) is 39.1 Å². The number of nitrogens with zero attached hydrogens (tertiary/aromatic N) is 2. The Morgan fingerprint density at radius 2 is 1.20 bits per heavy atom. The summed E-state index contributed by atoms with van der Waals surface area (Å²) in [5.74, 6) is 0.844. The van der Waals surface area contributed by atoms with Gasteiger partial charge in [0.1, 0.15) is 5.82 Å². The molecule has 0 spiro atoms. The molecule has 0 bridgehead atoms. The van der Waals surface area contributed by atoms with Crippen LogP contribution in [0.4, 0.5) is 0 Å². The molecule has 0 saturated heterocycles. The highest BCUT2D eigenvalue weighted by atomic mass is 32.2. The van der Waals surface area contributed by atoms with Gasteiger partial charge >= 0.3 is 0 Å². The first-order chi connectivity index (χ1) is 24.5. The maximum absolute atomic E-state index is 14.0. The molecular weight excluding hydrogens is 633 g/mol. The lowest BCUT2D eigenvalue weighted by molar-refractivity contribution is 0.594. The molecule has 0 radical (unpaired) electrons. The summed E-state index contributed by atoms with van der Waals surface area (Å²) >= 11 is 0. The standard InChI is InChI=1S/C45H30N2O2S/c1-2-42-46-38-20-11-21-41-45(38)47(42)39-27-31(23-25-40(39)50(41,48)49)30-22-24-36-37(26-30)44(33-19-10-15-28-12-6-7-16-32(28)33)35-18-9-8-17-34(35)43(36)29-13-4-3-5-14-29/h3-27H,2H2,1H3. The highest BCUT2D eigenvalue weighted by Crippen LogP contribution is 2.47. The molecular formula is C45H30N2O2S. The van der Waals surface area contributed by atoms with Crippen LogP contribution in [-0.2, 0) is 16.3 Å². The predicted molar refractivity (Wildman–Crippen MR) is 205 cm³/mol. The first-order valence-electron chi connectivity index (χ1n) is 16.9. The van der Waals surface area contributed by atoms with Gasteiger partial charge in [0.25, 0.3) is 0 Å². The lowest BCUT2D eigenvalue weighted by Crippen LogP contribution is -2.15. The zero-order chi connectivity index (χ0) is 33.6. The Kier molecular flexibility index (Phi) is 6.21. The number of aryl methyl sites for hydroxylation is 1. The van der Waals surface area contributed by atoms with E-state index in [2.05, 4.69) is 122 Å². The molecule has 9 aromatic rings. The molecule has 0 N–H and O–H groups in total. The van der Waals surface area contributed by atoms with E-state index in [1.165, 1.54) is 49.2 Å². The van der Waals surface area contributed by atoms with Crippen LogP contribution in [0.5, 0.6) is 0 Å². The van der Waals surface area contributed by atoms with Gasteiger partial charge in [0.15, 0.2) is 0 Å². The van der Waals surface area contributed by atoms with Gasteiger partial charge in [-0.25, -0.2) is 13.4 Å². The first kappa shape index (κ1) is 28.9. The summed E-state index contributed by atoms with van der Waals surface area (Å²) in [5.41, 5.74) is 8.71. The second-order valence-corrected chi connectivity index (χ2v) is 14.9. The molecule has 0 amide bonds. The van der Waals surface area contributed by atoms with Crippen LogP contribution in [0.1, 0.15) is 12.7 Å². The second kappa shape index (κ2) is 10.7. The van der Waals surface area contributed by atoms with Crippen molar-refractivity contribution in [1.82, 2.24) is 9.55 Å². The summed E-state index contributed by atoms with van der Waals surface area (Å²) in [4.78, 5) is 5.47. The van der Waals surface area contributed by atoms with Crippen LogP contribution >= 0.6 is 0 Å². The Bertz CT molecular complexity index is 2970. The molecule has 1 aromatic heterocycles. The quantitative estimate of drug-likeness (QED) is 0.176. The number of fused-ring (bicyclic) bond motifs is 5. The fourth-order valence-corrected chi connectivity index (χ4v) is 9.70. The van der Waals surface area contributed by atoms with Crippen molar-refractivity contribution in [2.24, 2.45) is 0 Å². The van der Waals surface area contributed by atoms with Gasteiger partial charge in [-0.3, -0.25) is 4.57 Å². The largest absolute Gasteiger partial charge is 0.294 e. The monoisotopic (exact) mass is 662 g/mol. The van der Waals surface area contributed by atoms with Crippen molar-refractivity contribution >= 4 is 53.2 Å². The molecule has 0 aliphatic carbocycles. The summed E-state index contributed by atoms with van der Waals surface area (Å²) in [6.07, 6.45) is 0.678. The van der Waals surface area contributed by atoms with Gasteiger partial charge in [-0.15, -0.1) is 0 Å². The third-order valence-corrected chi connectivity index (χ3v) is 12.1. The minimum atomic E-state index is -3.72. The van der Waals surface area contributed by atoms with Crippen molar-refractivity contribution in [3.63, 3.8) is 0 Å². The van der Waals surface area contributed by atoms with Crippen LogP contribution in [0.25, 0.3) is 82.4 Å². The van der Waals surface area contributed by atoms with Gasteiger partial charge in [-0.2, -0.15) is 0 Å². The van der Waals surface area contributed by atoms with E-state index < -0.39 is 9.84 Å². The number of rotatable bonds is 4. The third-order valence-electron chi connectivity index (χ3n) is 10.3. The smallest absolute Gasteiger partial charge is 0.210 e. The average Bonchev–Trinajstić information content (AvgIpc) is 3.55. The number of hydrogen-bond acceptors (Lipinski definition) is 3. The Hall–Kier alpha value is -6.04.